The Balaban J connectivity index is 1.48. The maximum atomic E-state index is 12.8. The zero-order valence-electron chi connectivity index (χ0n) is 20.0. The van der Waals surface area contributed by atoms with Gasteiger partial charge in [0.2, 0.25) is 10.0 Å². The van der Waals surface area contributed by atoms with E-state index < -0.39 is 10.0 Å². The summed E-state index contributed by atoms with van der Waals surface area (Å²) in [5.74, 6) is -0.438. The number of quaternary nitrogens is 1. The third-order valence-corrected chi connectivity index (χ3v) is 7.93. The van der Waals surface area contributed by atoms with Crippen molar-refractivity contribution in [3.05, 3.63) is 53.6 Å². The first-order valence-corrected chi connectivity index (χ1v) is 13.0. The molecule has 0 unspecified atom stereocenters. The summed E-state index contributed by atoms with van der Waals surface area (Å²) in [6, 6.07) is 12.0. The van der Waals surface area contributed by atoms with Gasteiger partial charge >= 0.3 is 0 Å². The predicted octanol–water partition coefficient (Wildman–Crippen LogP) is -0.0457. The maximum Gasteiger partial charge on any atom is 0.295 e. The van der Waals surface area contributed by atoms with Crippen molar-refractivity contribution in [1.82, 2.24) is 9.73 Å². The Kier molecular flexibility index (Phi) is 8.65. The summed E-state index contributed by atoms with van der Waals surface area (Å²) in [6.07, 6.45) is 1.35. The van der Waals surface area contributed by atoms with Gasteiger partial charge in [0, 0.05) is 18.8 Å². The van der Waals surface area contributed by atoms with Gasteiger partial charge in [-0.05, 0) is 50.6 Å². The molecule has 1 aliphatic heterocycles. The van der Waals surface area contributed by atoms with E-state index in [2.05, 4.69) is 15.4 Å². The molecule has 9 nitrogen and oxygen atoms in total. The third-order valence-electron chi connectivity index (χ3n) is 6.02. The lowest BCUT2D eigenvalue weighted by atomic mass is 10.2. The zero-order chi connectivity index (χ0) is 24.7. The van der Waals surface area contributed by atoms with Gasteiger partial charge in [-0.2, -0.15) is 9.41 Å². The van der Waals surface area contributed by atoms with Gasteiger partial charge in [0.05, 0.1) is 37.3 Å². The second kappa shape index (κ2) is 11.5. The molecule has 1 heterocycles. The van der Waals surface area contributed by atoms with E-state index in [1.165, 1.54) is 10.5 Å². The highest BCUT2D eigenvalue weighted by molar-refractivity contribution is 7.89. The lowest BCUT2D eigenvalue weighted by molar-refractivity contribution is -0.895. The van der Waals surface area contributed by atoms with Crippen LogP contribution in [0.4, 0.5) is 5.69 Å². The Hall–Kier alpha value is -2.95. The maximum absolute atomic E-state index is 12.8. The van der Waals surface area contributed by atoms with Crippen molar-refractivity contribution in [3.8, 4) is 5.75 Å². The molecule has 0 saturated carbocycles. The fourth-order valence-corrected chi connectivity index (χ4v) is 5.38. The number of nitrogens with zero attached hydrogens (tertiary/aromatic N) is 3. The number of hydrazone groups is 1. The molecule has 0 radical (unpaired) electrons. The quantitative estimate of drug-likeness (QED) is 0.381. The zero-order valence-corrected chi connectivity index (χ0v) is 20.8. The number of hydrogen-bond acceptors (Lipinski definition) is 6. The van der Waals surface area contributed by atoms with E-state index in [-0.39, 0.29) is 23.1 Å². The molecule has 0 bridgehead atoms. The van der Waals surface area contributed by atoms with Gasteiger partial charge in [-0.15, -0.1) is 0 Å². The summed E-state index contributed by atoms with van der Waals surface area (Å²) in [5.41, 5.74) is 4.74. The van der Waals surface area contributed by atoms with Gasteiger partial charge < -0.3 is 14.9 Å². The van der Waals surface area contributed by atoms with Gasteiger partial charge in [-0.1, -0.05) is 29.5 Å². The van der Waals surface area contributed by atoms with Crippen LogP contribution in [0.25, 0.3) is 0 Å². The summed E-state index contributed by atoms with van der Waals surface area (Å²) in [5, 5.41) is 16.2. The smallest absolute Gasteiger partial charge is 0.295 e. The van der Waals surface area contributed by atoms with Crippen LogP contribution in [0, 0.1) is 6.92 Å². The first-order chi connectivity index (χ1) is 16.2. The minimum absolute atomic E-state index is 0.154. The third kappa shape index (κ3) is 6.34. The van der Waals surface area contributed by atoms with Gasteiger partial charge in [-0.3, -0.25) is 4.79 Å². The Morgan fingerprint density at radius 1 is 1.15 bits per heavy atom. The predicted molar refractivity (Wildman–Crippen MR) is 131 cm³/mol. The molecule has 0 spiro atoms. The van der Waals surface area contributed by atoms with Crippen molar-refractivity contribution < 1.29 is 23.2 Å². The average molecular weight is 488 g/mol. The van der Waals surface area contributed by atoms with Crippen molar-refractivity contribution in [2.75, 3.05) is 50.7 Å². The Morgan fingerprint density at radius 3 is 2.38 bits per heavy atom. The van der Waals surface area contributed by atoms with Gasteiger partial charge in [0.15, 0.2) is 6.54 Å². The van der Waals surface area contributed by atoms with E-state index in [1.807, 2.05) is 26.8 Å². The normalized spacial score (nSPS) is 15.5. The van der Waals surface area contributed by atoms with Gasteiger partial charge in [-0.25, -0.2) is 13.8 Å². The van der Waals surface area contributed by atoms with Crippen LogP contribution in [0.2, 0.25) is 0 Å². The molecule has 0 aliphatic carbocycles. The molecule has 0 atom stereocenters. The Bertz CT molecular complexity index is 1110. The molecule has 2 N–H and O–H groups in total. The molecular formula is C24H33N5O4S. The summed E-state index contributed by atoms with van der Waals surface area (Å²) in [4.78, 5) is 15.6. The highest BCUT2D eigenvalue weighted by Crippen LogP contribution is 2.21. The van der Waals surface area contributed by atoms with Crippen molar-refractivity contribution in [1.29, 1.82) is 0 Å². The molecule has 10 heteroatoms. The Morgan fingerprint density at radius 2 is 1.79 bits per heavy atom. The molecule has 2 aromatic carbocycles. The number of benzene rings is 2. The van der Waals surface area contributed by atoms with Crippen LogP contribution < -0.4 is 20.3 Å². The topological polar surface area (TPSA) is 110 Å². The molecule has 184 valence electrons. The van der Waals surface area contributed by atoms with Gasteiger partial charge in [0.25, 0.3) is 5.91 Å². The summed E-state index contributed by atoms with van der Waals surface area (Å²) >= 11 is 0. The van der Waals surface area contributed by atoms with Crippen LogP contribution in [0.5, 0.6) is 5.75 Å². The number of piperazine rings is 1. The largest absolute Gasteiger partial charge is 0.872 e. The number of aryl methyl sites for hydroxylation is 1. The van der Waals surface area contributed by atoms with Crippen LogP contribution >= 0.6 is 0 Å². The van der Waals surface area contributed by atoms with E-state index in [4.69, 9.17) is 0 Å². The first kappa shape index (κ1) is 25.7. The lowest BCUT2D eigenvalue weighted by Crippen LogP contribution is -3.15. The molecule has 2 aromatic rings. The number of anilines is 1. The van der Waals surface area contributed by atoms with Crippen LogP contribution in [0.3, 0.4) is 0 Å². The molecule has 3 rings (SSSR count). The average Bonchev–Trinajstić information content (AvgIpc) is 2.82. The number of carbonyl (C=O) groups is 1. The van der Waals surface area contributed by atoms with E-state index >= 15 is 0 Å². The van der Waals surface area contributed by atoms with Crippen molar-refractivity contribution in [2.24, 2.45) is 5.10 Å². The van der Waals surface area contributed by atoms with Crippen molar-refractivity contribution in [2.45, 2.75) is 25.7 Å². The molecule has 1 fully saturated rings. The number of rotatable bonds is 9. The number of amides is 1. The number of nitrogens with one attached hydrogen (secondary N) is 2. The second-order valence-electron chi connectivity index (χ2n) is 8.33. The molecule has 1 saturated heterocycles. The van der Waals surface area contributed by atoms with E-state index in [9.17, 15) is 18.3 Å². The first-order valence-electron chi connectivity index (χ1n) is 11.5. The summed E-state index contributed by atoms with van der Waals surface area (Å²) in [7, 11) is -3.53. The van der Waals surface area contributed by atoms with Crippen molar-refractivity contribution in [3.63, 3.8) is 0 Å². The standard InChI is InChI=1S/C24H33N5O4S/c1-4-28(5-2)21-9-8-20(23(30)16-21)17-25-26-24(31)18-27-12-14-29(15-13-27)34(32,33)22-10-6-19(3)7-11-22/h6-11,16-17,30H,4-5,12-15,18H2,1-3H3,(H,26,31). The van der Waals surface area contributed by atoms with Crippen molar-refractivity contribution >= 4 is 27.8 Å². The fourth-order valence-electron chi connectivity index (χ4n) is 3.93. The molecule has 34 heavy (non-hydrogen) atoms. The Labute approximate surface area is 201 Å². The summed E-state index contributed by atoms with van der Waals surface area (Å²) < 4.78 is 27.1. The number of sulfonamides is 1. The molecule has 1 aliphatic rings. The van der Waals surface area contributed by atoms with Crippen LogP contribution in [0.15, 0.2) is 52.5 Å². The molecule has 0 aromatic heterocycles. The van der Waals surface area contributed by atoms with E-state index in [0.29, 0.717) is 31.7 Å². The lowest BCUT2D eigenvalue weighted by Gasteiger charge is -2.31. The second-order valence-corrected chi connectivity index (χ2v) is 10.3. The highest BCUT2D eigenvalue weighted by atomic mass is 32.2. The number of hydrogen-bond donors (Lipinski definition) is 2. The minimum atomic E-state index is -3.53. The van der Waals surface area contributed by atoms with Crippen LogP contribution in [-0.4, -0.2) is 70.7 Å². The van der Waals surface area contributed by atoms with E-state index in [0.717, 1.165) is 29.2 Å². The summed E-state index contributed by atoms with van der Waals surface area (Å²) in [6.45, 7) is 9.53. The van der Waals surface area contributed by atoms with Crippen LogP contribution in [-0.2, 0) is 14.8 Å². The minimum Gasteiger partial charge on any atom is -0.872 e. The fraction of sp³-hybridized carbons (Fsp3) is 0.417. The van der Waals surface area contributed by atoms with Crippen LogP contribution in [0.1, 0.15) is 25.0 Å². The number of carbonyl (C=O) groups excluding carboxylic acids is 1. The highest BCUT2D eigenvalue weighted by Gasteiger charge is 2.31. The SMILES string of the molecule is CCN(CC)c1ccc(C=NNC(=O)C[NH+]2CCN(S(=O)(=O)c3ccc(C)cc3)CC2)c([O-])c1. The molecular weight excluding hydrogens is 454 g/mol. The van der Waals surface area contributed by atoms with Gasteiger partial charge in [0.1, 0.15) is 0 Å². The monoisotopic (exact) mass is 487 g/mol. The van der Waals surface area contributed by atoms with E-state index in [1.54, 1.807) is 36.4 Å². The molecule has 1 amide bonds.